The van der Waals surface area contributed by atoms with Crippen molar-refractivity contribution in [2.45, 2.75) is 13.5 Å². The second-order valence-corrected chi connectivity index (χ2v) is 5.79. The van der Waals surface area contributed by atoms with E-state index in [0.29, 0.717) is 19.0 Å². The molecule has 2 N–H and O–H groups in total. The van der Waals surface area contributed by atoms with Crippen LogP contribution in [-0.2, 0) is 11.3 Å². The Labute approximate surface area is 149 Å². The predicted octanol–water partition coefficient (Wildman–Crippen LogP) is 2.22. The Morgan fingerprint density at radius 3 is 2.62 bits per heavy atom. The average Bonchev–Trinajstić information content (AvgIpc) is 2.63. The van der Waals surface area contributed by atoms with Gasteiger partial charge in [-0.2, -0.15) is 0 Å². The molecule has 1 saturated heterocycles. The molecular formula is C17H19F2N5O2. The van der Waals surface area contributed by atoms with E-state index in [0.717, 1.165) is 36.7 Å². The predicted molar refractivity (Wildman–Crippen MR) is 92.0 cm³/mol. The van der Waals surface area contributed by atoms with Gasteiger partial charge >= 0.3 is 6.03 Å². The first-order valence-corrected chi connectivity index (χ1v) is 8.19. The number of halogens is 2. The van der Waals surface area contributed by atoms with Crippen LogP contribution in [0, 0.1) is 18.6 Å². The lowest BCUT2D eigenvalue weighted by atomic mass is 10.3. The fourth-order valence-corrected chi connectivity index (χ4v) is 2.58. The largest absolute Gasteiger partial charge is 0.378 e. The van der Waals surface area contributed by atoms with Gasteiger partial charge in [0.05, 0.1) is 19.8 Å². The number of rotatable bonds is 4. The topological polar surface area (TPSA) is 79.4 Å². The van der Waals surface area contributed by atoms with Gasteiger partial charge in [-0.15, -0.1) is 0 Å². The van der Waals surface area contributed by atoms with E-state index in [9.17, 15) is 13.6 Å². The number of nitrogens with one attached hydrogen (secondary N) is 2. The third-order valence-electron chi connectivity index (χ3n) is 3.83. The van der Waals surface area contributed by atoms with Crippen molar-refractivity contribution < 1.29 is 18.3 Å². The highest BCUT2D eigenvalue weighted by atomic mass is 19.1. The van der Waals surface area contributed by atoms with Gasteiger partial charge in [-0.3, -0.25) is 0 Å². The Bertz CT molecular complexity index is 776. The fourth-order valence-electron chi connectivity index (χ4n) is 2.58. The first-order chi connectivity index (χ1) is 12.5. The number of amides is 2. The highest BCUT2D eigenvalue weighted by Gasteiger charge is 2.15. The van der Waals surface area contributed by atoms with Crippen LogP contribution in [0.25, 0.3) is 0 Å². The van der Waals surface area contributed by atoms with Gasteiger partial charge in [0.15, 0.2) is 0 Å². The van der Waals surface area contributed by atoms with Crippen LogP contribution in [0.3, 0.4) is 0 Å². The molecule has 0 saturated carbocycles. The van der Waals surface area contributed by atoms with Crippen molar-refractivity contribution in [3.63, 3.8) is 0 Å². The number of carbonyl (C=O) groups is 1. The van der Waals surface area contributed by atoms with Crippen molar-refractivity contribution in [1.82, 2.24) is 15.3 Å². The molecule has 0 spiro atoms. The van der Waals surface area contributed by atoms with Crippen molar-refractivity contribution in [2.24, 2.45) is 0 Å². The molecule has 3 rings (SSSR count). The number of nitrogens with zero attached hydrogens (tertiary/aromatic N) is 3. The van der Waals surface area contributed by atoms with E-state index >= 15 is 0 Å². The average molecular weight is 363 g/mol. The number of ether oxygens (including phenoxy) is 1. The van der Waals surface area contributed by atoms with Gasteiger partial charge in [0.25, 0.3) is 0 Å². The molecular weight excluding hydrogens is 344 g/mol. The minimum Gasteiger partial charge on any atom is -0.378 e. The van der Waals surface area contributed by atoms with Gasteiger partial charge in [-0.05, 0) is 19.1 Å². The molecule has 1 aromatic heterocycles. The van der Waals surface area contributed by atoms with E-state index in [1.54, 1.807) is 0 Å². The highest BCUT2D eigenvalue weighted by molar-refractivity contribution is 5.89. The summed E-state index contributed by atoms with van der Waals surface area (Å²) in [6.07, 6.45) is 0. The molecule has 138 valence electrons. The Morgan fingerprint density at radius 2 is 1.92 bits per heavy atom. The maximum atomic E-state index is 13.6. The van der Waals surface area contributed by atoms with E-state index in [2.05, 4.69) is 25.5 Å². The number of anilines is 2. The standard InChI is InChI=1S/C17H19F2N5O2/c1-11-9-15(24-5-7-26-8-6-24)22-14(21-11)10-20-17(25)23-16-12(18)3-2-4-13(16)19/h2-4,9H,5-8,10H2,1H3,(H2,20,23,25). The van der Waals surface area contributed by atoms with Crippen LogP contribution in [0.5, 0.6) is 0 Å². The summed E-state index contributed by atoms with van der Waals surface area (Å²) in [6, 6.07) is 4.48. The van der Waals surface area contributed by atoms with Crippen molar-refractivity contribution >= 4 is 17.5 Å². The van der Waals surface area contributed by atoms with Crippen molar-refractivity contribution in [2.75, 3.05) is 36.5 Å². The first-order valence-electron chi connectivity index (χ1n) is 8.19. The quantitative estimate of drug-likeness (QED) is 0.871. The minimum atomic E-state index is -0.846. The summed E-state index contributed by atoms with van der Waals surface area (Å²) >= 11 is 0. The van der Waals surface area contributed by atoms with E-state index in [-0.39, 0.29) is 6.54 Å². The van der Waals surface area contributed by atoms with Gasteiger partial charge in [0.1, 0.15) is 29.0 Å². The molecule has 0 aliphatic carbocycles. The van der Waals surface area contributed by atoms with E-state index in [4.69, 9.17) is 4.74 Å². The normalized spacial score (nSPS) is 14.2. The maximum absolute atomic E-state index is 13.6. The number of benzene rings is 1. The lowest BCUT2D eigenvalue weighted by Crippen LogP contribution is -2.37. The Kier molecular flexibility index (Phi) is 5.57. The second kappa shape index (κ2) is 8.05. The molecule has 2 amide bonds. The van der Waals surface area contributed by atoms with Gasteiger partial charge in [-0.25, -0.2) is 23.5 Å². The molecule has 0 radical (unpaired) electrons. The molecule has 9 heteroatoms. The molecule has 0 atom stereocenters. The first kappa shape index (κ1) is 18.0. The van der Waals surface area contributed by atoms with Crippen LogP contribution in [0.4, 0.5) is 25.1 Å². The molecule has 0 unspecified atom stereocenters. The zero-order valence-electron chi connectivity index (χ0n) is 14.3. The smallest absolute Gasteiger partial charge is 0.319 e. The van der Waals surface area contributed by atoms with Crippen LogP contribution >= 0.6 is 0 Å². The molecule has 2 heterocycles. The second-order valence-electron chi connectivity index (χ2n) is 5.79. The van der Waals surface area contributed by atoms with Crippen LogP contribution in [0.2, 0.25) is 0 Å². The number of aryl methyl sites for hydroxylation is 1. The zero-order valence-corrected chi connectivity index (χ0v) is 14.3. The monoisotopic (exact) mass is 363 g/mol. The van der Waals surface area contributed by atoms with Crippen molar-refractivity contribution in [3.8, 4) is 0 Å². The molecule has 1 aromatic carbocycles. The third kappa shape index (κ3) is 4.42. The van der Waals surface area contributed by atoms with E-state index < -0.39 is 23.4 Å². The number of hydrogen-bond donors (Lipinski definition) is 2. The number of aromatic nitrogens is 2. The summed E-state index contributed by atoms with van der Waals surface area (Å²) in [5, 5.41) is 4.67. The molecule has 1 aliphatic heterocycles. The number of para-hydroxylation sites is 1. The summed E-state index contributed by atoms with van der Waals surface area (Å²) in [5.41, 5.74) is 0.267. The van der Waals surface area contributed by atoms with Crippen LogP contribution in [-0.4, -0.2) is 42.3 Å². The summed E-state index contributed by atoms with van der Waals surface area (Å²) in [5.74, 6) is -0.517. The van der Waals surface area contributed by atoms with Gasteiger partial charge in [0, 0.05) is 24.8 Å². The molecule has 2 aromatic rings. The summed E-state index contributed by atoms with van der Waals surface area (Å²) in [4.78, 5) is 22.7. The fraction of sp³-hybridized carbons (Fsp3) is 0.353. The number of hydrogen-bond acceptors (Lipinski definition) is 5. The summed E-state index contributed by atoms with van der Waals surface area (Å²) < 4.78 is 32.5. The number of urea groups is 1. The van der Waals surface area contributed by atoms with Crippen LogP contribution in [0.15, 0.2) is 24.3 Å². The number of carbonyl (C=O) groups excluding carboxylic acids is 1. The van der Waals surface area contributed by atoms with Gasteiger partial charge < -0.3 is 20.3 Å². The van der Waals surface area contributed by atoms with Gasteiger partial charge in [-0.1, -0.05) is 6.07 Å². The summed E-state index contributed by atoms with van der Waals surface area (Å²) in [6.45, 7) is 4.60. The molecule has 1 aliphatic rings. The summed E-state index contributed by atoms with van der Waals surface area (Å²) in [7, 11) is 0. The Morgan fingerprint density at radius 1 is 1.23 bits per heavy atom. The third-order valence-corrected chi connectivity index (χ3v) is 3.83. The molecule has 0 bridgehead atoms. The van der Waals surface area contributed by atoms with Crippen molar-refractivity contribution in [1.29, 1.82) is 0 Å². The zero-order chi connectivity index (χ0) is 18.5. The van der Waals surface area contributed by atoms with Crippen LogP contribution < -0.4 is 15.5 Å². The lowest BCUT2D eigenvalue weighted by Gasteiger charge is -2.28. The van der Waals surface area contributed by atoms with Gasteiger partial charge in [0.2, 0.25) is 0 Å². The molecule has 1 fully saturated rings. The Hall–Kier alpha value is -2.81. The molecule has 7 nitrogen and oxygen atoms in total. The van der Waals surface area contributed by atoms with Crippen molar-refractivity contribution in [3.05, 3.63) is 47.4 Å². The Balaban J connectivity index is 1.63. The van der Waals surface area contributed by atoms with E-state index in [1.807, 2.05) is 13.0 Å². The highest BCUT2D eigenvalue weighted by Crippen LogP contribution is 2.18. The molecule has 26 heavy (non-hydrogen) atoms. The number of morpholine rings is 1. The lowest BCUT2D eigenvalue weighted by molar-refractivity contribution is 0.122. The van der Waals surface area contributed by atoms with E-state index in [1.165, 1.54) is 6.07 Å². The van der Waals surface area contributed by atoms with Crippen LogP contribution in [0.1, 0.15) is 11.5 Å². The maximum Gasteiger partial charge on any atom is 0.319 e. The SMILES string of the molecule is Cc1cc(N2CCOCC2)nc(CNC(=O)Nc2c(F)cccc2F)n1. The minimum absolute atomic E-state index is 0.0287.